The molecule has 0 amide bonds. The van der Waals surface area contributed by atoms with Gasteiger partial charge in [-0.1, -0.05) is 35.9 Å². The van der Waals surface area contributed by atoms with Gasteiger partial charge < -0.3 is 14.9 Å². The normalized spacial score (nSPS) is 13.8. The third-order valence-electron chi connectivity index (χ3n) is 3.86. The molecule has 2 aromatic carbocycles. The highest BCUT2D eigenvalue weighted by atomic mass is 16.5. The van der Waals surface area contributed by atoms with Gasteiger partial charge in [0, 0.05) is 12.5 Å². The van der Waals surface area contributed by atoms with Crippen LogP contribution >= 0.6 is 0 Å². The molecule has 7 heteroatoms. The van der Waals surface area contributed by atoms with Crippen molar-refractivity contribution in [1.29, 1.82) is 0 Å². The van der Waals surface area contributed by atoms with Crippen LogP contribution in [0, 0.1) is 6.92 Å². The Kier molecular flexibility index (Phi) is 4.99. The first-order valence-corrected chi connectivity index (χ1v) is 8.10. The van der Waals surface area contributed by atoms with Crippen LogP contribution in [0.3, 0.4) is 0 Å². The molecule has 0 aliphatic carbocycles. The number of carboxylic acid groups (broad SMARTS) is 1. The molecule has 1 unspecified atom stereocenters. The second-order valence-corrected chi connectivity index (χ2v) is 6.01. The monoisotopic (exact) mass is 353 g/mol. The predicted molar refractivity (Wildman–Crippen MR) is 95.8 cm³/mol. The average molecular weight is 353 g/mol. The van der Waals surface area contributed by atoms with Crippen molar-refractivity contribution in [3.8, 4) is 5.75 Å². The SMILES string of the molecule is Cc1ccc(OCC(O)(CC=CC(=O)O)n2nc3ccccc3n2)cc1. The molecule has 0 bridgehead atoms. The number of ether oxygens (including phenoxy) is 1. The number of carboxylic acids is 1. The lowest BCUT2D eigenvalue weighted by atomic mass is 10.1. The molecule has 0 saturated heterocycles. The summed E-state index contributed by atoms with van der Waals surface area (Å²) in [7, 11) is 0. The van der Waals surface area contributed by atoms with Gasteiger partial charge in [-0.15, -0.1) is 4.80 Å². The van der Waals surface area contributed by atoms with Gasteiger partial charge in [0.15, 0.2) is 0 Å². The van der Waals surface area contributed by atoms with Crippen molar-refractivity contribution in [3.63, 3.8) is 0 Å². The molecule has 7 nitrogen and oxygen atoms in total. The Morgan fingerprint density at radius 3 is 2.35 bits per heavy atom. The number of aliphatic hydroxyl groups is 1. The van der Waals surface area contributed by atoms with Crippen molar-refractivity contribution in [3.05, 3.63) is 66.2 Å². The number of carbonyl (C=O) groups is 1. The summed E-state index contributed by atoms with van der Waals surface area (Å²) < 4.78 is 5.70. The molecule has 26 heavy (non-hydrogen) atoms. The van der Waals surface area contributed by atoms with Gasteiger partial charge >= 0.3 is 5.97 Å². The van der Waals surface area contributed by atoms with E-state index in [0.29, 0.717) is 16.8 Å². The van der Waals surface area contributed by atoms with Gasteiger partial charge in [-0.05, 0) is 31.2 Å². The molecule has 0 aliphatic rings. The van der Waals surface area contributed by atoms with Gasteiger partial charge in [-0.2, -0.15) is 10.2 Å². The molecule has 1 atom stereocenters. The van der Waals surface area contributed by atoms with E-state index in [1.54, 1.807) is 24.3 Å². The van der Waals surface area contributed by atoms with E-state index in [4.69, 9.17) is 9.84 Å². The number of hydrogen-bond acceptors (Lipinski definition) is 5. The molecule has 0 saturated carbocycles. The first-order chi connectivity index (χ1) is 12.5. The van der Waals surface area contributed by atoms with Gasteiger partial charge in [-0.3, -0.25) is 0 Å². The zero-order valence-electron chi connectivity index (χ0n) is 14.2. The van der Waals surface area contributed by atoms with E-state index in [0.717, 1.165) is 11.6 Å². The van der Waals surface area contributed by atoms with Crippen LogP contribution in [0.15, 0.2) is 60.7 Å². The molecular weight excluding hydrogens is 334 g/mol. The summed E-state index contributed by atoms with van der Waals surface area (Å²) in [5.74, 6) is -0.502. The first kappa shape index (κ1) is 17.6. The Balaban J connectivity index is 1.87. The molecule has 0 aliphatic heterocycles. The smallest absolute Gasteiger partial charge is 0.327 e. The largest absolute Gasteiger partial charge is 0.488 e. The molecule has 0 radical (unpaired) electrons. The number of benzene rings is 2. The molecule has 3 rings (SSSR count). The highest BCUT2D eigenvalue weighted by Crippen LogP contribution is 2.22. The van der Waals surface area contributed by atoms with E-state index in [1.807, 2.05) is 31.2 Å². The van der Waals surface area contributed by atoms with E-state index in [2.05, 4.69) is 10.2 Å². The maximum absolute atomic E-state index is 11.1. The van der Waals surface area contributed by atoms with Crippen LogP contribution in [-0.4, -0.2) is 37.8 Å². The number of fused-ring (bicyclic) bond motifs is 1. The quantitative estimate of drug-likeness (QED) is 0.634. The predicted octanol–water partition coefficient (Wildman–Crippen LogP) is 2.49. The Morgan fingerprint density at radius 2 is 1.77 bits per heavy atom. The van der Waals surface area contributed by atoms with E-state index in [1.165, 1.54) is 10.9 Å². The molecule has 0 spiro atoms. The van der Waals surface area contributed by atoms with Crippen LogP contribution in [0.1, 0.15) is 12.0 Å². The maximum Gasteiger partial charge on any atom is 0.327 e. The van der Waals surface area contributed by atoms with E-state index < -0.39 is 11.7 Å². The molecule has 2 N–H and O–H groups in total. The van der Waals surface area contributed by atoms with Crippen LogP contribution in [0.4, 0.5) is 0 Å². The molecule has 0 fully saturated rings. The van der Waals surface area contributed by atoms with Crippen molar-refractivity contribution in [2.45, 2.75) is 19.1 Å². The fourth-order valence-electron chi connectivity index (χ4n) is 2.43. The number of aliphatic carboxylic acids is 1. The average Bonchev–Trinajstić information content (AvgIpc) is 3.06. The topological polar surface area (TPSA) is 97.5 Å². The van der Waals surface area contributed by atoms with Crippen LogP contribution in [-0.2, 0) is 10.5 Å². The fraction of sp³-hybridized carbons (Fsp3) is 0.211. The summed E-state index contributed by atoms with van der Waals surface area (Å²) in [5, 5.41) is 28.5. The lowest BCUT2D eigenvalue weighted by Gasteiger charge is -2.26. The lowest BCUT2D eigenvalue weighted by molar-refractivity contribution is -0.131. The zero-order valence-corrected chi connectivity index (χ0v) is 14.2. The van der Waals surface area contributed by atoms with Crippen molar-refractivity contribution in [2.24, 2.45) is 0 Å². The molecule has 3 aromatic rings. The third kappa shape index (κ3) is 4.07. The van der Waals surface area contributed by atoms with Crippen LogP contribution in [0.2, 0.25) is 0 Å². The minimum atomic E-state index is -1.63. The van der Waals surface area contributed by atoms with E-state index in [9.17, 15) is 9.90 Å². The van der Waals surface area contributed by atoms with E-state index >= 15 is 0 Å². The maximum atomic E-state index is 11.1. The van der Waals surface area contributed by atoms with Gasteiger partial charge in [-0.25, -0.2) is 4.79 Å². The Labute approximate surface area is 150 Å². The van der Waals surface area contributed by atoms with Crippen molar-refractivity contribution < 1.29 is 19.7 Å². The van der Waals surface area contributed by atoms with Gasteiger partial charge in [0.25, 0.3) is 0 Å². The zero-order chi connectivity index (χ0) is 18.6. The van der Waals surface area contributed by atoms with Crippen LogP contribution in [0.5, 0.6) is 5.75 Å². The number of nitrogens with zero attached hydrogens (tertiary/aromatic N) is 3. The lowest BCUT2D eigenvalue weighted by Crippen LogP contribution is -2.41. The minimum Gasteiger partial charge on any atom is -0.488 e. The van der Waals surface area contributed by atoms with Crippen molar-refractivity contribution >= 4 is 17.0 Å². The standard InChI is InChI=1S/C19H19N3O4/c1-14-8-10-15(11-9-14)26-13-19(25,12-4-7-18(23)24)22-20-16-5-2-3-6-17(16)21-22/h2-11,25H,12-13H2,1H3,(H,23,24). The second-order valence-electron chi connectivity index (χ2n) is 6.01. The molecule has 1 heterocycles. The summed E-state index contributed by atoms with van der Waals surface area (Å²) in [4.78, 5) is 11.9. The second kappa shape index (κ2) is 7.37. The van der Waals surface area contributed by atoms with Crippen LogP contribution in [0.25, 0.3) is 11.0 Å². The summed E-state index contributed by atoms with van der Waals surface area (Å²) in [5.41, 5.74) is 0.722. The number of aryl methyl sites for hydroxylation is 1. The van der Waals surface area contributed by atoms with Crippen molar-refractivity contribution in [2.75, 3.05) is 6.61 Å². The fourth-order valence-corrected chi connectivity index (χ4v) is 2.43. The highest BCUT2D eigenvalue weighted by molar-refractivity contribution is 5.79. The minimum absolute atomic E-state index is 0.0217. The summed E-state index contributed by atoms with van der Waals surface area (Å²) >= 11 is 0. The third-order valence-corrected chi connectivity index (χ3v) is 3.86. The molecular formula is C19H19N3O4. The van der Waals surface area contributed by atoms with E-state index in [-0.39, 0.29) is 13.0 Å². The molecule has 134 valence electrons. The number of aromatic nitrogens is 3. The number of rotatable bonds is 7. The molecule has 1 aromatic heterocycles. The van der Waals surface area contributed by atoms with Gasteiger partial charge in [0.1, 0.15) is 23.4 Å². The summed E-state index contributed by atoms with van der Waals surface area (Å²) in [6.45, 7) is 1.83. The summed E-state index contributed by atoms with van der Waals surface area (Å²) in [6.07, 6.45) is 2.31. The van der Waals surface area contributed by atoms with Crippen LogP contribution < -0.4 is 4.74 Å². The Hall–Kier alpha value is -3.19. The van der Waals surface area contributed by atoms with Crippen molar-refractivity contribution in [1.82, 2.24) is 15.0 Å². The number of hydrogen-bond donors (Lipinski definition) is 2. The Bertz CT molecular complexity index is 900. The first-order valence-electron chi connectivity index (χ1n) is 8.10. The van der Waals surface area contributed by atoms with Gasteiger partial charge in [0.05, 0.1) is 0 Å². The highest BCUT2D eigenvalue weighted by Gasteiger charge is 2.32. The Morgan fingerprint density at radius 1 is 1.15 bits per heavy atom. The summed E-state index contributed by atoms with van der Waals surface area (Å²) in [6, 6.07) is 14.6. The van der Waals surface area contributed by atoms with Gasteiger partial charge in [0.2, 0.25) is 5.72 Å².